The number of thiophene rings is 1. The molecule has 2 rings (SSSR count). The Morgan fingerprint density at radius 3 is 2.63 bits per heavy atom. The second kappa shape index (κ2) is 7.43. The van der Waals surface area contributed by atoms with Crippen molar-refractivity contribution < 1.29 is 0 Å². The first-order valence-electron chi connectivity index (χ1n) is 6.83. The lowest BCUT2D eigenvalue weighted by Gasteiger charge is -2.13. The monoisotopic (exact) mass is 274 g/mol. The van der Waals surface area contributed by atoms with Crippen molar-refractivity contribution in [3.63, 3.8) is 0 Å². The first kappa shape index (κ1) is 14.3. The molecule has 1 aromatic heterocycles. The average molecular weight is 274 g/mol. The zero-order valence-electron chi connectivity index (χ0n) is 11.7. The van der Waals surface area contributed by atoms with Gasteiger partial charge in [0.05, 0.1) is 0 Å². The van der Waals surface area contributed by atoms with E-state index in [9.17, 15) is 0 Å². The zero-order chi connectivity index (χ0) is 13.5. The summed E-state index contributed by atoms with van der Waals surface area (Å²) in [5, 5.41) is 3.50. The fraction of sp³-hybridized carbons (Fsp3) is 0.375. The average Bonchev–Trinajstić information content (AvgIpc) is 2.93. The highest BCUT2D eigenvalue weighted by molar-refractivity contribution is 7.15. The maximum Gasteiger partial charge on any atom is 0.0346 e. The van der Waals surface area contributed by atoms with E-state index in [0.29, 0.717) is 0 Å². The first-order chi connectivity index (χ1) is 9.29. The Labute approximate surface area is 120 Å². The largest absolute Gasteiger partial charge is 0.311 e. The fourth-order valence-electron chi connectivity index (χ4n) is 1.87. The molecule has 0 saturated carbocycles. The van der Waals surface area contributed by atoms with Gasteiger partial charge in [-0.2, -0.15) is 0 Å². The number of rotatable bonds is 7. The van der Waals surface area contributed by atoms with E-state index in [1.165, 1.54) is 15.3 Å². The minimum absolute atomic E-state index is 0.967. The molecule has 0 amide bonds. The molecule has 0 unspecified atom stereocenters. The summed E-state index contributed by atoms with van der Waals surface area (Å²) in [7, 11) is 2.15. The van der Waals surface area contributed by atoms with Crippen molar-refractivity contribution in [2.45, 2.75) is 13.5 Å². The predicted molar refractivity (Wildman–Crippen MR) is 84.6 cm³/mol. The third-order valence-corrected chi connectivity index (χ3v) is 4.36. The highest BCUT2D eigenvalue weighted by Crippen LogP contribution is 2.27. The van der Waals surface area contributed by atoms with E-state index in [2.05, 4.69) is 66.7 Å². The van der Waals surface area contributed by atoms with Crippen molar-refractivity contribution in [3.8, 4) is 10.4 Å². The van der Waals surface area contributed by atoms with Crippen LogP contribution in [0.4, 0.5) is 0 Å². The van der Waals surface area contributed by atoms with Crippen molar-refractivity contribution in [1.82, 2.24) is 10.2 Å². The Morgan fingerprint density at radius 2 is 1.89 bits per heavy atom. The van der Waals surface area contributed by atoms with Crippen molar-refractivity contribution >= 4 is 11.3 Å². The smallest absolute Gasteiger partial charge is 0.0346 e. The third kappa shape index (κ3) is 4.46. The van der Waals surface area contributed by atoms with Gasteiger partial charge < -0.3 is 10.2 Å². The Kier molecular flexibility index (Phi) is 5.58. The molecule has 0 atom stereocenters. The quantitative estimate of drug-likeness (QED) is 0.778. The Bertz CT molecular complexity index is 479. The van der Waals surface area contributed by atoms with Gasteiger partial charge in [-0.3, -0.25) is 0 Å². The molecule has 1 heterocycles. The normalized spacial score (nSPS) is 11.1. The number of benzene rings is 1. The molecule has 0 spiro atoms. The molecule has 0 saturated heterocycles. The van der Waals surface area contributed by atoms with Gasteiger partial charge in [-0.25, -0.2) is 0 Å². The van der Waals surface area contributed by atoms with E-state index in [1.54, 1.807) is 0 Å². The van der Waals surface area contributed by atoms with Crippen LogP contribution in [-0.4, -0.2) is 31.6 Å². The number of hydrogen-bond acceptors (Lipinski definition) is 3. The summed E-state index contributed by atoms with van der Waals surface area (Å²) >= 11 is 1.87. The van der Waals surface area contributed by atoms with E-state index in [4.69, 9.17) is 0 Å². The summed E-state index contributed by atoms with van der Waals surface area (Å²) in [5.74, 6) is 0. The van der Waals surface area contributed by atoms with Crippen LogP contribution in [0.5, 0.6) is 0 Å². The zero-order valence-corrected chi connectivity index (χ0v) is 12.5. The topological polar surface area (TPSA) is 15.3 Å². The van der Waals surface area contributed by atoms with E-state index >= 15 is 0 Å². The molecule has 2 nitrogen and oxygen atoms in total. The predicted octanol–water partition coefficient (Wildman–Crippen LogP) is 3.46. The highest BCUT2D eigenvalue weighted by atomic mass is 32.1. The van der Waals surface area contributed by atoms with Crippen LogP contribution in [0.1, 0.15) is 11.8 Å². The van der Waals surface area contributed by atoms with Crippen LogP contribution in [0, 0.1) is 0 Å². The van der Waals surface area contributed by atoms with E-state index in [1.807, 2.05) is 11.3 Å². The summed E-state index contributed by atoms with van der Waals surface area (Å²) in [6.45, 7) is 6.41. The van der Waals surface area contributed by atoms with Crippen molar-refractivity contribution in [2.24, 2.45) is 0 Å². The van der Waals surface area contributed by atoms with E-state index < -0.39 is 0 Å². The molecule has 1 N–H and O–H groups in total. The summed E-state index contributed by atoms with van der Waals surface area (Å²) < 4.78 is 0. The van der Waals surface area contributed by atoms with Crippen LogP contribution < -0.4 is 5.32 Å². The molecule has 0 aliphatic carbocycles. The molecule has 0 aliphatic rings. The molecule has 0 bridgehead atoms. The third-order valence-electron chi connectivity index (χ3n) is 3.23. The van der Waals surface area contributed by atoms with Crippen LogP contribution in [0.2, 0.25) is 0 Å². The Hall–Kier alpha value is -1.16. The van der Waals surface area contributed by atoms with Gasteiger partial charge in [-0.1, -0.05) is 37.3 Å². The maximum absolute atomic E-state index is 3.50. The van der Waals surface area contributed by atoms with E-state index in [0.717, 1.165) is 26.2 Å². The lowest BCUT2D eigenvalue weighted by Crippen LogP contribution is -2.28. The number of likely N-dealkylation sites (N-methyl/N-ethyl adjacent to an activating group) is 1. The Balaban J connectivity index is 1.82. The van der Waals surface area contributed by atoms with Gasteiger partial charge >= 0.3 is 0 Å². The molecule has 0 radical (unpaired) electrons. The molecule has 19 heavy (non-hydrogen) atoms. The second-order valence-corrected chi connectivity index (χ2v) is 5.87. The van der Waals surface area contributed by atoms with Gasteiger partial charge in [-0.15, -0.1) is 11.3 Å². The molecule has 0 aliphatic heterocycles. The van der Waals surface area contributed by atoms with Gasteiger partial charge in [0.15, 0.2) is 0 Å². The van der Waals surface area contributed by atoms with Crippen LogP contribution in [0.3, 0.4) is 0 Å². The number of hydrogen-bond donors (Lipinski definition) is 1. The maximum atomic E-state index is 3.50. The fourth-order valence-corrected chi connectivity index (χ4v) is 2.85. The summed E-state index contributed by atoms with van der Waals surface area (Å²) in [6, 6.07) is 15.0. The van der Waals surface area contributed by atoms with E-state index in [-0.39, 0.29) is 0 Å². The molecular weight excluding hydrogens is 252 g/mol. The summed E-state index contributed by atoms with van der Waals surface area (Å²) in [4.78, 5) is 5.07. The molecule has 2 aromatic rings. The van der Waals surface area contributed by atoms with Crippen LogP contribution >= 0.6 is 11.3 Å². The van der Waals surface area contributed by atoms with Crippen LogP contribution in [0.15, 0.2) is 42.5 Å². The van der Waals surface area contributed by atoms with Gasteiger partial charge in [0.2, 0.25) is 0 Å². The number of nitrogens with one attached hydrogen (secondary N) is 1. The molecule has 1 aromatic carbocycles. The molecule has 3 heteroatoms. The SMILES string of the molecule is CCN(C)CCNCc1ccc(-c2ccccc2)s1. The summed E-state index contributed by atoms with van der Waals surface area (Å²) in [6.07, 6.45) is 0. The van der Waals surface area contributed by atoms with Crippen molar-refractivity contribution in [3.05, 3.63) is 47.3 Å². The summed E-state index contributed by atoms with van der Waals surface area (Å²) in [5.41, 5.74) is 1.31. The second-order valence-electron chi connectivity index (χ2n) is 4.70. The van der Waals surface area contributed by atoms with Gasteiger partial charge in [-0.05, 0) is 31.3 Å². The minimum Gasteiger partial charge on any atom is -0.311 e. The molecule has 0 fully saturated rings. The number of nitrogens with zero attached hydrogens (tertiary/aromatic N) is 1. The van der Waals surface area contributed by atoms with Crippen LogP contribution in [-0.2, 0) is 6.54 Å². The minimum atomic E-state index is 0.967. The van der Waals surface area contributed by atoms with Crippen LogP contribution in [0.25, 0.3) is 10.4 Å². The standard InChI is InChI=1S/C16H22N2S/c1-3-18(2)12-11-17-13-15-9-10-16(19-15)14-7-5-4-6-8-14/h4-10,17H,3,11-13H2,1-2H3. The first-order valence-corrected chi connectivity index (χ1v) is 7.64. The highest BCUT2D eigenvalue weighted by Gasteiger charge is 2.02. The van der Waals surface area contributed by atoms with Gasteiger partial charge in [0.1, 0.15) is 0 Å². The molecule has 102 valence electrons. The van der Waals surface area contributed by atoms with Gasteiger partial charge in [0.25, 0.3) is 0 Å². The van der Waals surface area contributed by atoms with Gasteiger partial charge in [0, 0.05) is 29.4 Å². The van der Waals surface area contributed by atoms with Crippen molar-refractivity contribution in [2.75, 3.05) is 26.7 Å². The lowest BCUT2D eigenvalue weighted by atomic mass is 10.2. The Morgan fingerprint density at radius 1 is 1.11 bits per heavy atom. The molecular formula is C16H22N2S. The lowest BCUT2D eigenvalue weighted by molar-refractivity contribution is 0.349. The van der Waals surface area contributed by atoms with Crippen molar-refractivity contribution in [1.29, 1.82) is 0 Å².